The van der Waals surface area contributed by atoms with Crippen LogP contribution >= 0.6 is 0 Å². The Labute approximate surface area is 156 Å². The zero-order valence-electron chi connectivity index (χ0n) is 14.5. The summed E-state index contributed by atoms with van der Waals surface area (Å²) in [6, 6.07) is 14.2. The second-order valence-electron chi connectivity index (χ2n) is 6.39. The van der Waals surface area contributed by atoms with Crippen LogP contribution in [0.4, 0.5) is 0 Å². The van der Waals surface area contributed by atoms with E-state index >= 15 is 0 Å². The lowest BCUT2D eigenvalue weighted by Crippen LogP contribution is -2.28. The molecule has 0 saturated carbocycles. The third-order valence-corrected chi connectivity index (χ3v) is 4.69. The zero-order chi connectivity index (χ0) is 18.8. The Morgan fingerprint density at radius 1 is 1.15 bits per heavy atom. The number of amides is 1. The molecule has 6 nitrogen and oxygen atoms in total. The van der Waals surface area contributed by atoms with Crippen molar-refractivity contribution >= 4 is 16.8 Å². The van der Waals surface area contributed by atoms with Crippen LogP contribution in [-0.2, 0) is 0 Å². The van der Waals surface area contributed by atoms with E-state index in [-0.39, 0.29) is 5.91 Å². The van der Waals surface area contributed by atoms with E-state index in [0.29, 0.717) is 35.4 Å². The molecule has 1 atom stereocenters. The van der Waals surface area contributed by atoms with Gasteiger partial charge in [0.25, 0.3) is 5.91 Å². The summed E-state index contributed by atoms with van der Waals surface area (Å²) in [7, 11) is 0. The van der Waals surface area contributed by atoms with Crippen molar-refractivity contribution in [3.63, 3.8) is 0 Å². The third-order valence-electron chi connectivity index (χ3n) is 4.69. The van der Waals surface area contributed by atoms with Crippen molar-refractivity contribution in [1.82, 2.24) is 14.9 Å². The maximum absolute atomic E-state index is 12.6. The Balaban J connectivity index is 1.72. The second-order valence-corrected chi connectivity index (χ2v) is 6.39. The lowest BCUT2D eigenvalue weighted by Gasteiger charge is -2.17. The molecule has 3 aromatic rings. The van der Waals surface area contributed by atoms with Crippen LogP contribution in [0, 0.1) is 11.3 Å². The Bertz CT molecular complexity index is 1090. The highest BCUT2D eigenvalue weighted by Crippen LogP contribution is 2.26. The topological polar surface area (TPSA) is 95.9 Å². The van der Waals surface area contributed by atoms with Crippen LogP contribution in [0.1, 0.15) is 33.2 Å². The molecule has 1 aliphatic heterocycles. The summed E-state index contributed by atoms with van der Waals surface area (Å²) in [5, 5.41) is 9.90. The number of carbonyl (C=O) groups is 1. The molecule has 1 amide bonds. The molecule has 2 heterocycles. The third kappa shape index (κ3) is 3.16. The van der Waals surface area contributed by atoms with Crippen LogP contribution in [0.2, 0.25) is 0 Å². The van der Waals surface area contributed by atoms with E-state index in [1.807, 2.05) is 24.3 Å². The summed E-state index contributed by atoms with van der Waals surface area (Å²) >= 11 is 0. The van der Waals surface area contributed by atoms with E-state index in [1.165, 1.54) is 6.33 Å². The normalized spacial score (nSPS) is 14.3. The number of aromatic nitrogens is 2. The number of nitrogens with zero attached hydrogens (tertiary/aromatic N) is 4. The molecule has 0 radical (unpaired) electrons. The average Bonchev–Trinajstić information content (AvgIpc) is 3.26. The van der Waals surface area contributed by atoms with Crippen LogP contribution in [-0.4, -0.2) is 33.9 Å². The predicted octanol–water partition coefficient (Wildman–Crippen LogP) is 2.56. The van der Waals surface area contributed by atoms with Gasteiger partial charge in [-0.2, -0.15) is 5.26 Å². The number of hydrogen-bond donors (Lipinski definition) is 1. The van der Waals surface area contributed by atoms with Crippen LogP contribution in [0.25, 0.3) is 10.9 Å². The molecule has 27 heavy (non-hydrogen) atoms. The summed E-state index contributed by atoms with van der Waals surface area (Å²) in [6.07, 6.45) is 5.42. The molecule has 2 aromatic carbocycles. The van der Waals surface area contributed by atoms with Gasteiger partial charge in [-0.05, 0) is 29.8 Å². The minimum absolute atomic E-state index is 0.0203. The average molecular weight is 355 g/mol. The van der Waals surface area contributed by atoms with E-state index < -0.39 is 6.04 Å². The summed E-state index contributed by atoms with van der Waals surface area (Å²) in [4.78, 5) is 23.0. The van der Waals surface area contributed by atoms with Gasteiger partial charge in [0.2, 0.25) is 0 Å². The predicted molar refractivity (Wildman–Crippen MR) is 102 cm³/mol. The van der Waals surface area contributed by atoms with Gasteiger partial charge in [0, 0.05) is 24.0 Å². The van der Waals surface area contributed by atoms with Gasteiger partial charge in [-0.25, -0.2) is 9.97 Å². The van der Waals surface area contributed by atoms with E-state index in [1.54, 1.807) is 35.2 Å². The Morgan fingerprint density at radius 2 is 1.96 bits per heavy atom. The molecule has 0 saturated heterocycles. The maximum atomic E-state index is 12.6. The number of benzene rings is 2. The Hall–Kier alpha value is -3.56. The number of carbonyl (C=O) groups excluding carboxylic acids is 1. The molecular weight excluding hydrogens is 338 g/mol. The van der Waals surface area contributed by atoms with Gasteiger partial charge in [0.1, 0.15) is 6.33 Å². The molecule has 1 unspecified atom stereocenters. The standard InChI is InChI=1S/C21H17N5O/c22-12-14-4-3-5-15(10-14)19(23)20-17-7-6-16(11-18(17)24-13-25-20)21(27)26-8-1-2-9-26/h1-7,10-11,13,19H,8-9,23H2. The highest BCUT2D eigenvalue weighted by Gasteiger charge is 2.19. The Morgan fingerprint density at radius 3 is 2.74 bits per heavy atom. The molecule has 0 fully saturated rings. The van der Waals surface area contributed by atoms with Gasteiger partial charge in [0.15, 0.2) is 0 Å². The van der Waals surface area contributed by atoms with Gasteiger partial charge < -0.3 is 10.6 Å². The summed E-state index contributed by atoms with van der Waals surface area (Å²) in [5.41, 5.74) is 9.70. The van der Waals surface area contributed by atoms with Crippen molar-refractivity contribution in [2.45, 2.75) is 6.04 Å². The van der Waals surface area contributed by atoms with Crippen LogP contribution in [0.3, 0.4) is 0 Å². The number of fused-ring (bicyclic) bond motifs is 1. The number of hydrogen-bond acceptors (Lipinski definition) is 5. The highest BCUT2D eigenvalue weighted by molar-refractivity contribution is 5.98. The van der Waals surface area contributed by atoms with Crippen LogP contribution in [0.5, 0.6) is 0 Å². The largest absolute Gasteiger partial charge is 0.331 e. The molecule has 6 heteroatoms. The molecule has 0 bridgehead atoms. The number of rotatable bonds is 3. The molecular formula is C21H17N5O. The zero-order valence-corrected chi connectivity index (χ0v) is 14.5. The van der Waals surface area contributed by atoms with Gasteiger partial charge >= 0.3 is 0 Å². The first-order valence-electron chi connectivity index (χ1n) is 8.62. The van der Waals surface area contributed by atoms with Crippen molar-refractivity contribution in [3.8, 4) is 6.07 Å². The minimum atomic E-state index is -0.492. The summed E-state index contributed by atoms with van der Waals surface area (Å²) in [6.45, 7) is 1.26. The van der Waals surface area contributed by atoms with Crippen molar-refractivity contribution < 1.29 is 4.79 Å². The fourth-order valence-corrected chi connectivity index (χ4v) is 3.24. The fourth-order valence-electron chi connectivity index (χ4n) is 3.24. The first-order chi connectivity index (χ1) is 13.2. The lowest BCUT2D eigenvalue weighted by atomic mass is 9.98. The molecule has 1 aliphatic rings. The second kappa shape index (κ2) is 6.98. The summed E-state index contributed by atoms with van der Waals surface area (Å²) < 4.78 is 0. The van der Waals surface area contributed by atoms with E-state index in [9.17, 15) is 4.79 Å². The van der Waals surface area contributed by atoms with Crippen LogP contribution in [0.15, 0.2) is 60.9 Å². The van der Waals surface area contributed by atoms with Gasteiger partial charge in [-0.3, -0.25) is 4.79 Å². The van der Waals surface area contributed by atoms with Gasteiger partial charge in [-0.15, -0.1) is 0 Å². The monoisotopic (exact) mass is 355 g/mol. The maximum Gasteiger partial charge on any atom is 0.254 e. The number of nitrogens with two attached hydrogens (primary N) is 1. The molecule has 0 spiro atoms. The number of nitriles is 1. The van der Waals surface area contributed by atoms with Gasteiger partial charge in [0.05, 0.1) is 28.9 Å². The van der Waals surface area contributed by atoms with Gasteiger partial charge in [-0.1, -0.05) is 30.4 Å². The van der Waals surface area contributed by atoms with Crippen molar-refractivity contribution in [2.75, 3.05) is 13.1 Å². The lowest BCUT2D eigenvalue weighted by molar-refractivity contribution is 0.0800. The quantitative estimate of drug-likeness (QED) is 0.729. The van der Waals surface area contributed by atoms with E-state index in [0.717, 1.165) is 10.9 Å². The van der Waals surface area contributed by atoms with Crippen molar-refractivity contribution in [2.24, 2.45) is 5.73 Å². The molecule has 4 rings (SSSR count). The molecule has 2 N–H and O–H groups in total. The SMILES string of the molecule is N#Cc1cccc(C(N)c2ncnc3cc(C(=O)N4CC=CC4)ccc23)c1. The highest BCUT2D eigenvalue weighted by atomic mass is 16.2. The molecule has 132 valence electrons. The van der Waals surface area contributed by atoms with Crippen molar-refractivity contribution in [1.29, 1.82) is 5.26 Å². The fraction of sp³-hybridized carbons (Fsp3) is 0.143. The Kier molecular flexibility index (Phi) is 4.37. The van der Waals surface area contributed by atoms with E-state index in [4.69, 9.17) is 11.0 Å². The first-order valence-corrected chi connectivity index (χ1v) is 8.62. The summed E-state index contributed by atoms with van der Waals surface area (Å²) in [5.74, 6) is -0.0203. The van der Waals surface area contributed by atoms with E-state index in [2.05, 4.69) is 16.0 Å². The van der Waals surface area contributed by atoms with Crippen molar-refractivity contribution in [3.05, 3.63) is 83.3 Å². The first kappa shape index (κ1) is 16.9. The minimum Gasteiger partial charge on any atom is -0.331 e. The smallest absolute Gasteiger partial charge is 0.254 e. The molecule has 1 aromatic heterocycles. The van der Waals surface area contributed by atoms with Crippen LogP contribution < -0.4 is 5.73 Å². The molecule has 0 aliphatic carbocycles.